The molecule has 3 aromatic heterocycles. The smallest absolute Gasteiger partial charge is 0.418 e. The number of rotatable bonds is 4. The van der Waals surface area contributed by atoms with Crippen LogP contribution in [0.5, 0.6) is 0 Å². The highest BCUT2D eigenvalue weighted by atomic mass is 16.6. The maximum absolute atomic E-state index is 12.8. The molecule has 2 aromatic carbocycles. The molecule has 0 spiro atoms. The molecule has 1 aliphatic heterocycles. The van der Waals surface area contributed by atoms with Gasteiger partial charge in [-0.3, -0.25) is 4.57 Å². The number of likely N-dealkylation sites (N-methyl/N-ethyl adjacent to an activating group) is 1. The maximum Gasteiger partial charge on any atom is 0.418 e. The molecular weight excluding hydrogens is 492 g/mol. The third kappa shape index (κ3) is 5.03. The number of benzene rings is 2. The largest absolute Gasteiger partial charge is 0.443 e. The van der Waals surface area contributed by atoms with Crippen molar-refractivity contribution in [2.75, 3.05) is 43.4 Å². The van der Waals surface area contributed by atoms with Gasteiger partial charge in [-0.25, -0.2) is 14.5 Å². The van der Waals surface area contributed by atoms with Crippen molar-refractivity contribution < 1.29 is 9.53 Å². The molecule has 1 N–H and O–H groups in total. The van der Waals surface area contributed by atoms with Crippen LogP contribution in [-0.4, -0.2) is 74.1 Å². The predicted molar refractivity (Wildman–Crippen MR) is 153 cm³/mol. The molecule has 200 valence electrons. The van der Waals surface area contributed by atoms with E-state index in [0.717, 1.165) is 53.8 Å². The lowest BCUT2D eigenvalue weighted by Gasteiger charge is -2.34. The molecule has 1 aliphatic rings. The molecule has 0 amide bonds. The van der Waals surface area contributed by atoms with Gasteiger partial charge in [0.05, 0.1) is 22.8 Å². The summed E-state index contributed by atoms with van der Waals surface area (Å²) in [6.45, 7) is 9.76. The van der Waals surface area contributed by atoms with Crippen molar-refractivity contribution in [2.24, 2.45) is 0 Å². The fourth-order valence-electron chi connectivity index (χ4n) is 4.81. The summed E-state index contributed by atoms with van der Waals surface area (Å²) in [5, 5.41) is 9.60. The Morgan fingerprint density at radius 2 is 1.74 bits per heavy atom. The van der Waals surface area contributed by atoms with Crippen LogP contribution in [-0.2, 0) is 4.74 Å². The van der Waals surface area contributed by atoms with Crippen molar-refractivity contribution in [3.8, 4) is 5.69 Å². The topological polar surface area (TPSA) is 93.3 Å². The standard InChI is InChI=1S/C29H32N8O2/c1-29(2,3)39-28(38)36-13-12-23-24(36)6-5-7-25(23)37-26-20(19-31-37)18-30-27(33-26)32-21-8-10-22(11-9-21)35-16-14-34(4)15-17-35/h5-13,18-19H,14-17H2,1-4H3,(H,30,32,33). The van der Waals surface area contributed by atoms with Crippen molar-refractivity contribution >= 4 is 45.4 Å². The third-order valence-corrected chi connectivity index (χ3v) is 6.83. The fourth-order valence-corrected chi connectivity index (χ4v) is 4.81. The quantitative estimate of drug-likeness (QED) is 0.349. The van der Waals surface area contributed by atoms with E-state index in [2.05, 4.69) is 56.5 Å². The third-order valence-electron chi connectivity index (χ3n) is 6.83. The molecule has 0 saturated carbocycles. The molecule has 6 rings (SSSR count). The summed E-state index contributed by atoms with van der Waals surface area (Å²) in [5.74, 6) is 0.482. The van der Waals surface area contributed by atoms with Gasteiger partial charge in [-0.2, -0.15) is 10.1 Å². The van der Waals surface area contributed by atoms with Gasteiger partial charge in [-0.05, 0) is 70.3 Å². The summed E-state index contributed by atoms with van der Waals surface area (Å²) in [5.41, 5.74) is 3.75. The number of hydrogen-bond donors (Lipinski definition) is 1. The highest BCUT2D eigenvalue weighted by Gasteiger charge is 2.21. The number of hydrogen-bond acceptors (Lipinski definition) is 8. The minimum absolute atomic E-state index is 0.424. The van der Waals surface area contributed by atoms with Crippen molar-refractivity contribution in [2.45, 2.75) is 26.4 Å². The van der Waals surface area contributed by atoms with E-state index in [0.29, 0.717) is 11.6 Å². The van der Waals surface area contributed by atoms with Gasteiger partial charge in [-0.15, -0.1) is 0 Å². The van der Waals surface area contributed by atoms with Crippen LogP contribution in [0, 0.1) is 0 Å². The molecule has 0 unspecified atom stereocenters. The number of carbonyl (C=O) groups is 1. The predicted octanol–water partition coefficient (Wildman–Crippen LogP) is 5.05. The first-order valence-electron chi connectivity index (χ1n) is 13.1. The van der Waals surface area contributed by atoms with Gasteiger partial charge in [0.1, 0.15) is 5.60 Å². The lowest BCUT2D eigenvalue weighted by Crippen LogP contribution is -2.44. The van der Waals surface area contributed by atoms with Gasteiger partial charge in [0.25, 0.3) is 0 Å². The second-order valence-electron chi connectivity index (χ2n) is 10.9. The van der Waals surface area contributed by atoms with Crippen molar-refractivity contribution in [3.63, 3.8) is 0 Å². The van der Waals surface area contributed by atoms with Gasteiger partial charge in [0, 0.05) is 55.3 Å². The van der Waals surface area contributed by atoms with Gasteiger partial charge < -0.3 is 19.9 Å². The maximum atomic E-state index is 12.8. The summed E-state index contributed by atoms with van der Waals surface area (Å²) in [6, 6.07) is 16.0. The molecule has 1 fully saturated rings. The van der Waals surface area contributed by atoms with Gasteiger partial charge >= 0.3 is 6.09 Å². The zero-order chi connectivity index (χ0) is 27.1. The van der Waals surface area contributed by atoms with Crippen LogP contribution in [0.2, 0.25) is 0 Å². The Kier molecular flexibility index (Phi) is 6.19. The zero-order valence-electron chi connectivity index (χ0n) is 22.6. The molecule has 5 aromatic rings. The second-order valence-corrected chi connectivity index (χ2v) is 10.9. The molecule has 10 heteroatoms. The van der Waals surface area contributed by atoms with Gasteiger partial charge in [0.2, 0.25) is 5.95 Å². The van der Waals surface area contributed by atoms with E-state index >= 15 is 0 Å². The number of carbonyl (C=O) groups excluding carboxylic acids is 1. The molecule has 1 saturated heterocycles. The van der Waals surface area contributed by atoms with Crippen molar-refractivity contribution in [1.82, 2.24) is 29.2 Å². The fraction of sp³-hybridized carbons (Fsp3) is 0.310. The number of ether oxygens (including phenoxy) is 1. The van der Waals surface area contributed by atoms with E-state index in [1.807, 2.05) is 45.0 Å². The Balaban J connectivity index is 1.28. The van der Waals surface area contributed by atoms with Gasteiger partial charge in [0.15, 0.2) is 5.65 Å². The van der Waals surface area contributed by atoms with E-state index in [-0.39, 0.29) is 0 Å². The van der Waals surface area contributed by atoms with E-state index in [9.17, 15) is 4.79 Å². The number of anilines is 3. The van der Waals surface area contributed by atoms with Crippen LogP contribution in [0.3, 0.4) is 0 Å². The molecule has 10 nitrogen and oxygen atoms in total. The van der Waals surface area contributed by atoms with E-state index in [1.54, 1.807) is 23.3 Å². The molecule has 39 heavy (non-hydrogen) atoms. The average Bonchev–Trinajstić information content (AvgIpc) is 3.53. The number of nitrogens with one attached hydrogen (secondary N) is 1. The Labute approximate surface area is 226 Å². The molecule has 0 aliphatic carbocycles. The summed E-state index contributed by atoms with van der Waals surface area (Å²) < 4.78 is 8.87. The minimum Gasteiger partial charge on any atom is -0.443 e. The summed E-state index contributed by atoms with van der Waals surface area (Å²) in [4.78, 5) is 26.8. The highest BCUT2D eigenvalue weighted by molar-refractivity contribution is 5.95. The first kappa shape index (κ1) is 24.9. The summed E-state index contributed by atoms with van der Waals surface area (Å²) >= 11 is 0. The van der Waals surface area contributed by atoms with Crippen molar-refractivity contribution in [1.29, 1.82) is 0 Å². The van der Waals surface area contributed by atoms with Crippen LogP contribution >= 0.6 is 0 Å². The van der Waals surface area contributed by atoms with Crippen LogP contribution in [0.4, 0.5) is 22.1 Å². The highest BCUT2D eigenvalue weighted by Crippen LogP contribution is 2.27. The Morgan fingerprint density at radius 3 is 2.49 bits per heavy atom. The normalized spacial score (nSPS) is 14.7. The van der Waals surface area contributed by atoms with E-state index in [4.69, 9.17) is 9.72 Å². The zero-order valence-corrected chi connectivity index (χ0v) is 22.6. The number of aromatic nitrogens is 5. The Hall–Kier alpha value is -4.44. The van der Waals surface area contributed by atoms with Crippen LogP contribution in [0.15, 0.2) is 67.1 Å². The van der Waals surface area contributed by atoms with Crippen LogP contribution in [0.25, 0.3) is 27.6 Å². The number of nitrogens with zero attached hydrogens (tertiary/aromatic N) is 7. The summed E-state index contributed by atoms with van der Waals surface area (Å²) in [7, 11) is 2.16. The second kappa shape index (κ2) is 9.70. The Bertz CT molecular complexity index is 1640. The minimum atomic E-state index is -0.589. The van der Waals surface area contributed by atoms with Crippen molar-refractivity contribution in [3.05, 3.63) is 67.1 Å². The molecule has 0 radical (unpaired) electrons. The number of piperazine rings is 1. The lowest BCUT2D eigenvalue weighted by atomic mass is 10.2. The molecule has 0 bridgehead atoms. The number of fused-ring (bicyclic) bond motifs is 2. The van der Waals surface area contributed by atoms with Gasteiger partial charge in [-0.1, -0.05) is 6.07 Å². The van der Waals surface area contributed by atoms with E-state index in [1.165, 1.54) is 10.3 Å². The van der Waals surface area contributed by atoms with Crippen LogP contribution < -0.4 is 10.2 Å². The molecule has 4 heterocycles. The molecular formula is C29H32N8O2. The monoisotopic (exact) mass is 524 g/mol. The lowest BCUT2D eigenvalue weighted by molar-refractivity contribution is 0.0544. The molecule has 0 atom stereocenters. The first-order chi connectivity index (χ1) is 18.7. The summed E-state index contributed by atoms with van der Waals surface area (Å²) in [6.07, 6.45) is 4.81. The SMILES string of the molecule is CN1CCN(c2ccc(Nc3ncc4cnn(-c5cccc6c5ccn6C(=O)OC(C)(C)C)c4n3)cc2)CC1. The average molecular weight is 525 g/mol. The van der Waals surface area contributed by atoms with E-state index < -0.39 is 11.7 Å². The Morgan fingerprint density at radius 1 is 0.974 bits per heavy atom. The van der Waals surface area contributed by atoms with Crippen LogP contribution in [0.1, 0.15) is 20.8 Å². The first-order valence-corrected chi connectivity index (χ1v) is 13.1.